The van der Waals surface area contributed by atoms with Crippen LogP contribution in [-0.2, 0) is 23.8 Å². The largest absolute Gasteiger partial charge is 0.355 e. The normalized spacial score (nSPS) is 16.7. The summed E-state index contributed by atoms with van der Waals surface area (Å²) in [5.74, 6) is 2.58. The number of anilines is 1. The van der Waals surface area contributed by atoms with Crippen LogP contribution in [0.3, 0.4) is 0 Å². The van der Waals surface area contributed by atoms with Gasteiger partial charge in [-0.1, -0.05) is 27.2 Å². The lowest BCUT2D eigenvalue weighted by Crippen LogP contribution is -2.38. The Bertz CT molecular complexity index is 480. The van der Waals surface area contributed by atoms with Crippen molar-refractivity contribution < 1.29 is 4.21 Å². The van der Waals surface area contributed by atoms with Gasteiger partial charge in [0.2, 0.25) is 0 Å². The number of aryl methyl sites for hydroxylation is 1. The molecule has 0 unspecified atom stereocenters. The molecule has 2 heterocycles. The fourth-order valence-corrected chi connectivity index (χ4v) is 3.52. The van der Waals surface area contributed by atoms with Crippen molar-refractivity contribution in [2.45, 2.75) is 46.2 Å². The quantitative estimate of drug-likeness (QED) is 0.874. The Morgan fingerprint density at radius 3 is 2.67 bits per heavy atom. The van der Waals surface area contributed by atoms with E-state index in [0.717, 1.165) is 49.8 Å². The maximum Gasteiger partial charge on any atom is 0.129 e. The summed E-state index contributed by atoms with van der Waals surface area (Å²) in [6, 6.07) is 4.88. The first-order valence-electron chi connectivity index (χ1n) is 7.91. The molecule has 1 aliphatic rings. The minimum atomic E-state index is -0.640. The molecule has 0 aromatic carbocycles. The predicted molar refractivity (Wildman–Crippen MR) is 90.3 cm³/mol. The van der Waals surface area contributed by atoms with E-state index in [1.54, 1.807) is 0 Å². The number of aromatic nitrogens is 1. The average molecular weight is 309 g/mol. The van der Waals surface area contributed by atoms with Crippen molar-refractivity contribution in [3.05, 3.63) is 23.4 Å². The first kappa shape index (κ1) is 16.4. The van der Waals surface area contributed by atoms with E-state index < -0.39 is 10.8 Å². The molecule has 1 aromatic rings. The lowest BCUT2D eigenvalue weighted by molar-refractivity contribution is 0.587. The van der Waals surface area contributed by atoms with Gasteiger partial charge in [0.15, 0.2) is 0 Å². The SMILES string of the molecule is CCCc1cc(CNC(C)C)cc(N2CCS(=O)CC2)n1. The van der Waals surface area contributed by atoms with Crippen molar-refractivity contribution in [1.29, 1.82) is 0 Å². The summed E-state index contributed by atoms with van der Waals surface area (Å²) in [6.45, 7) is 9.09. The van der Waals surface area contributed by atoms with Crippen LogP contribution in [0.25, 0.3) is 0 Å². The van der Waals surface area contributed by atoms with E-state index in [4.69, 9.17) is 4.98 Å². The van der Waals surface area contributed by atoms with Gasteiger partial charge in [-0.15, -0.1) is 0 Å². The van der Waals surface area contributed by atoms with E-state index in [0.29, 0.717) is 6.04 Å². The van der Waals surface area contributed by atoms with Gasteiger partial charge in [-0.25, -0.2) is 4.98 Å². The molecule has 1 aliphatic heterocycles. The topological polar surface area (TPSA) is 45.2 Å². The number of pyridine rings is 1. The Hall–Kier alpha value is -0.940. The molecular weight excluding hydrogens is 282 g/mol. The van der Waals surface area contributed by atoms with Gasteiger partial charge in [0, 0.05) is 53.7 Å². The Balaban J connectivity index is 2.16. The van der Waals surface area contributed by atoms with Crippen LogP contribution in [0.4, 0.5) is 5.82 Å². The van der Waals surface area contributed by atoms with Gasteiger partial charge in [-0.05, 0) is 24.1 Å². The third-order valence-corrected chi connectivity index (χ3v) is 4.92. The Morgan fingerprint density at radius 1 is 1.33 bits per heavy atom. The first-order valence-corrected chi connectivity index (χ1v) is 9.40. The van der Waals surface area contributed by atoms with Crippen LogP contribution < -0.4 is 10.2 Å². The summed E-state index contributed by atoms with van der Waals surface area (Å²) < 4.78 is 11.5. The molecule has 4 nitrogen and oxygen atoms in total. The van der Waals surface area contributed by atoms with Gasteiger partial charge in [0.05, 0.1) is 0 Å². The number of nitrogens with one attached hydrogen (secondary N) is 1. The molecule has 21 heavy (non-hydrogen) atoms. The smallest absolute Gasteiger partial charge is 0.129 e. The molecule has 0 aliphatic carbocycles. The van der Waals surface area contributed by atoms with Crippen molar-refractivity contribution in [3.63, 3.8) is 0 Å². The molecule has 0 bridgehead atoms. The highest BCUT2D eigenvalue weighted by Crippen LogP contribution is 2.18. The fraction of sp³-hybridized carbons (Fsp3) is 0.688. The highest BCUT2D eigenvalue weighted by atomic mass is 32.2. The maximum absolute atomic E-state index is 11.5. The highest BCUT2D eigenvalue weighted by molar-refractivity contribution is 7.85. The van der Waals surface area contributed by atoms with Gasteiger partial charge in [-0.2, -0.15) is 0 Å². The average Bonchev–Trinajstić information content (AvgIpc) is 2.46. The molecule has 1 saturated heterocycles. The zero-order valence-corrected chi connectivity index (χ0v) is 14.2. The van der Waals surface area contributed by atoms with Crippen molar-refractivity contribution in [3.8, 4) is 0 Å². The Kier molecular flexibility index (Phi) is 6.18. The second kappa shape index (κ2) is 7.90. The molecular formula is C16H27N3OS. The summed E-state index contributed by atoms with van der Waals surface area (Å²) in [7, 11) is -0.640. The minimum Gasteiger partial charge on any atom is -0.355 e. The fourth-order valence-electron chi connectivity index (χ4n) is 2.47. The van der Waals surface area contributed by atoms with Crippen LogP contribution in [0.5, 0.6) is 0 Å². The second-order valence-corrected chi connectivity index (χ2v) is 7.64. The molecule has 0 amide bonds. The summed E-state index contributed by atoms with van der Waals surface area (Å²) in [4.78, 5) is 7.08. The molecule has 0 atom stereocenters. The zero-order chi connectivity index (χ0) is 15.2. The van der Waals surface area contributed by atoms with Gasteiger partial charge in [0.25, 0.3) is 0 Å². The molecule has 0 spiro atoms. The van der Waals surface area contributed by atoms with Crippen LogP contribution >= 0.6 is 0 Å². The minimum absolute atomic E-state index is 0.480. The third kappa shape index (κ3) is 5.08. The van der Waals surface area contributed by atoms with E-state index in [1.165, 1.54) is 11.3 Å². The standard InChI is InChI=1S/C16H27N3OS/c1-4-5-15-10-14(12-17-13(2)3)11-16(18-15)19-6-8-21(20)9-7-19/h10-11,13,17H,4-9,12H2,1-3H3. The summed E-state index contributed by atoms with van der Waals surface area (Å²) in [6.07, 6.45) is 2.12. The molecule has 1 N–H and O–H groups in total. The van der Waals surface area contributed by atoms with E-state index in [-0.39, 0.29) is 0 Å². The van der Waals surface area contributed by atoms with Gasteiger partial charge in [0.1, 0.15) is 5.82 Å². The van der Waals surface area contributed by atoms with Crippen LogP contribution in [0.15, 0.2) is 12.1 Å². The van der Waals surface area contributed by atoms with Crippen molar-refractivity contribution in [1.82, 2.24) is 10.3 Å². The van der Waals surface area contributed by atoms with E-state index >= 15 is 0 Å². The summed E-state index contributed by atoms with van der Waals surface area (Å²) >= 11 is 0. The molecule has 1 aromatic heterocycles. The van der Waals surface area contributed by atoms with E-state index in [9.17, 15) is 4.21 Å². The lowest BCUT2D eigenvalue weighted by atomic mass is 10.1. The van der Waals surface area contributed by atoms with Crippen molar-refractivity contribution >= 4 is 16.6 Å². The number of nitrogens with zero attached hydrogens (tertiary/aromatic N) is 2. The Labute approximate surface area is 130 Å². The van der Waals surface area contributed by atoms with Crippen LogP contribution in [-0.4, -0.2) is 39.8 Å². The van der Waals surface area contributed by atoms with Gasteiger partial charge < -0.3 is 10.2 Å². The van der Waals surface area contributed by atoms with Gasteiger partial charge >= 0.3 is 0 Å². The number of rotatable bonds is 6. The maximum atomic E-state index is 11.5. The third-order valence-electron chi connectivity index (χ3n) is 3.65. The number of hydrogen-bond donors (Lipinski definition) is 1. The molecule has 0 radical (unpaired) electrons. The highest BCUT2D eigenvalue weighted by Gasteiger charge is 2.17. The van der Waals surface area contributed by atoms with Crippen molar-refractivity contribution in [2.75, 3.05) is 29.5 Å². The monoisotopic (exact) mass is 309 g/mol. The van der Waals surface area contributed by atoms with Crippen molar-refractivity contribution in [2.24, 2.45) is 0 Å². The van der Waals surface area contributed by atoms with Crippen LogP contribution in [0, 0.1) is 0 Å². The van der Waals surface area contributed by atoms with E-state index in [1.807, 2.05) is 0 Å². The summed E-state index contributed by atoms with van der Waals surface area (Å²) in [5, 5.41) is 3.47. The number of hydrogen-bond acceptors (Lipinski definition) is 4. The predicted octanol–water partition coefficient (Wildman–Crippen LogP) is 2.10. The lowest BCUT2D eigenvalue weighted by Gasteiger charge is -2.28. The molecule has 5 heteroatoms. The molecule has 0 saturated carbocycles. The van der Waals surface area contributed by atoms with E-state index in [2.05, 4.69) is 43.1 Å². The van der Waals surface area contributed by atoms with Gasteiger partial charge in [-0.3, -0.25) is 4.21 Å². The molecule has 1 fully saturated rings. The zero-order valence-electron chi connectivity index (χ0n) is 13.4. The second-order valence-electron chi connectivity index (χ2n) is 5.95. The molecule has 2 rings (SSSR count). The molecule has 118 valence electrons. The first-order chi connectivity index (χ1) is 10.1. The van der Waals surface area contributed by atoms with Crippen LogP contribution in [0.1, 0.15) is 38.4 Å². The van der Waals surface area contributed by atoms with Crippen LogP contribution in [0.2, 0.25) is 0 Å². The Morgan fingerprint density at radius 2 is 2.05 bits per heavy atom. The summed E-state index contributed by atoms with van der Waals surface area (Å²) in [5.41, 5.74) is 2.46.